The van der Waals surface area contributed by atoms with Crippen LogP contribution in [0.1, 0.15) is 12.6 Å². The highest BCUT2D eigenvalue weighted by atomic mass is 19.4. The minimum absolute atomic E-state index is 0.103. The van der Waals surface area contributed by atoms with E-state index in [1.165, 1.54) is 12.3 Å². The number of aromatic hydroxyl groups is 1. The summed E-state index contributed by atoms with van der Waals surface area (Å²) in [5.41, 5.74) is 0.674. The lowest BCUT2D eigenvalue weighted by molar-refractivity contribution is -0.154. The summed E-state index contributed by atoms with van der Waals surface area (Å²) < 4.78 is 41.7. The molecule has 2 rings (SSSR count). The van der Waals surface area contributed by atoms with Gasteiger partial charge in [0.15, 0.2) is 6.61 Å². The molecular formula is C17H21F3N6O2. The molecule has 0 spiro atoms. The van der Waals surface area contributed by atoms with Gasteiger partial charge in [-0.1, -0.05) is 6.92 Å². The fourth-order valence-corrected chi connectivity index (χ4v) is 2.30. The van der Waals surface area contributed by atoms with Gasteiger partial charge in [-0.05, 0) is 19.3 Å². The Morgan fingerprint density at radius 1 is 1.43 bits per heavy atom. The van der Waals surface area contributed by atoms with Crippen molar-refractivity contribution in [1.82, 2.24) is 25.2 Å². The smallest absolute Gasteiger partial charge is 0.422 e. The van der Waals surface area contributed by atoms with E-state index in [-0.39, 0.29) is 16.6 Å². The molecular weight excluding hydrogens is 377 g/mol. The average Bonchev–Trinajstić information content (AvgIpc) is 2.64. The van der Waals surface area contributed by atoms with Gasteiger partial charge in [0.2, 0.25) is 5.88 Å². The molecule has 2 aromatic heterocycles. The number of aliphatic imine (C=N–C) groups is 1. The first kappa shape index (κ1) is 21.4. The fourth-order valence-electron chi connectivity index (χ4n) is 2.30. The van der Waals surface area contributed by atoms with Gasteiger partial charge in [0, 0.05) is 32.5 Å². The van der Waals surface area contributed by atoms with Gasteiger partial charge in [0.1, 0.15) is 16.9 Å². The second-order valence-electron chi connectivity index (χ2n) is 5.80. The molecule has 8 nitrogen and oxygen atoms in total. The molecule has 11 heteroatoms. The monoisotopic (exact) mass is 398 g/mol. The number of hydrogen-bond donors (Lipinski definition) is 2. The van der Waals surface area contributed by atoms with Gasteiger partial charge >= 0.3 is 12.2 Å². The van der Waals surface area contributed by atoms with Crippen molar-refractivity contribution in [3.8, 4) is 11.9 Å². The number of rotatable bonds is 9. The maximum atomic E-state index is 12.4. The van der Waals surface area contributed by atoms with E-state index in [9.17, 15) is 18.3 Å². The van der Waals surface area contributed by atoms with Gasteiger partial charge in [-0.2, -0.15) is 23.1 Å². The molecule has 0 unspecified atom stereocenters. The van der Waals surface area contributed by atoms with Gasteiger partial charge in [-0.3, -0.25) is 9.98 Å². The minimum Gasteiger partial charge on any atom is -0.493 e. The van der Waals surface area contributed by atoms with Crippen molar-refractivity contribution in [2.45, 2.75) is 13.1 Å². The lowest BCUT2D eigenvalue weighted by atomic mass is 10.2. The van der Waals surface area contributed by atoms with E-state index in [2.05, 4.69) is 36.7 Å². The van der Waals surface area contributed by atoms with Crippen LogP contribution in [0.15, 0.2) is 23.5 Å². The van der Waals surface area contributed by atoms with Crippen LogP contribution >= 0.6 is 0 Å². The third-order valence-corrected chi connectivity index (χ3v) is 3.59. The van der Waals surface area contributed by atoms with E-state index < -0.39 is 24.7 Å². The first-order valence-corrected chi connectivity index (χ1v) is 8.40. The van der Waals surface area contributed by atoms with Crippen molar-refractivity contribution in [3.05, 3.63) is 24.2 Å². The summed E-state index contributed by atoms with van der Waals surface area (Å²) in [7, 11) is 1.83. The summed E-state index contributed by atoms with van der Waals surface area (Å²) in [6.45, 7) is 6.20. The molecule has 0 atom stereocenters. The van der Waals surface area contributed by atoms with Crippen molar-refractivity contribution in [1.29, 1.82) is 0 Å². The van der Waals surface area contributed by atoms with Crippen molar-refractivity contribution in [2.75, 3.05) is 33.3 Å². The molecule has 2 aromatic rings. The molecule has 0 saturated carbocycles. The summed E-state index contributed by atoms with van der Waals surface area (Å²) in [6, 6.07) is 0.831. The summed E-state index contributed by atoms with van der Waals surface area (Å²) in [6.07, 6.45) is -1.47. The Hall–Kier alpha value is -2.95. The number of pyridine rings is 1. The van der Waals surface area contributed by atoms with Gasteiger partial charge < -0.3 is 20.1 Å². The number of aromatic nitrogens is 3. The van der Waals surface area contributed by atoms with Crippen LogP contribution in [0.3, 0.4) is 0 Å². The molecule has 0 bridgehead atoms. The summed E-state index contributed by atoms with van der Waals surface area (Å²) in [4.78, 5) is 17.5. The van der Waals surface area contributed by atoms with Crippen LogP contribution in [0, 0.1) is 0 Å². The van der Waals surface area contributed by atoms with E-state index in [1.54, 1.807) is 6.20 Å². The zero-order valence-corrected chi connectivity index (χ0v) is 15.5. The van der Waals surface area contributed by atoms with E-state index in [0.29, 0.717) is 12.2 Å². The van der Waals surface area contributed by atoms with Crippen LogP contribution in [-0.4, -0.2) is 71.1 Å². The number of halogens is 3. The van der Waals surface area contributed by atoms with Crippen molar-refractivity contribution >= 4 is 23.3 Å². The topological polar surface area (TPSA) is 95.8 Å². The molecule has 28 heavy (non-hydrogen) atoms. The highest BCUT2D eigenvalue weighted by Crippen LogP contribution is 2.29. The maximum absolute atomic E-state index is 12.4. The predicted molar refractivity (Wildman–Crippen MR) is 99.2 cm³/mol. The van der Waals surface area contributed by atoms with Crippen molar-refractivity contribution in [2.24, 2.45) is 4.99 Å². The highest BCUT2D eigenvalue weighted by Gasteiger charge is 2.29. The van der Waals surface area contributed by atoms with Gasteiger partial charge in [-0.25, -0.2) is 0 Å². The molecule has 2 N–H and O–H groups in total. The SMILES string of the molecule is C=N/C(=C\N(C)CCNCC)c1nccc2c(O)nc(OCC(F)(F)F)nc12. The average molecular weight is 398 g/mol. The molecule has 0 aliphatic heterocycles. The van der Waals surface area contributed by atoms with Crippen LogP contribution in [0.4, 0.5) is 13.2 Å². The fraction of sp³-hybridized carbons (Fsp3) is 0.412. The standard InChI is InChI=1S/C17H21F3N6O2/c1-4-22-7-8-26(3)9-12(21-2)14-13-11(5-6-23-14)15(27)25-16(24-13)28-10-17(18,19)20/h5-6,9,22H,2,4,7-8,10H2,1,3H3,(H,24,25,27)/b12-9-. The van der Waals surface area contributed by atoms with Gasteiger partial charge in [0.05, 0.1) is 5.39 Å². The third kappa shape index (κ3) is 5.78. The number of fused-ring (bicyclic) bond motifs is 1. The van der Waals surface area contributed by atoms with Crippen LogP contribution in [0.25, 0.3) is 16.6 Å². The van der Waals surface area contributed by atoms with Gasteiger partial charge in [-0.15, -0.1) is 0 Å². The molecule has 0 fully saturated rings. The Kier molecular flexibility index (Phi) is 7.10. The first-order chi connectivity index (χ1) is 13.2. The Balaban J connectivity index is 2.41. The number of ether oxygens (including phenoxy) is 1. The molecule has 0 aliphatic carbocycles. The van der Waals surface area contributed by atoms with Crippen LogP contribution in [0.5, 0.6) is 11.9 Å². The largest absolute Gasteiger partial charge is 0.493 e. The third-order valence-electron chi connectivity index (χ3n) is 3.59. The number of hydrogen-bond acceptors (Lipinski definition) is 8. The number of nitrogens with zero attached hydrogens (tertiary/aromatic N) is 5. The quantitative estimate of drug-likeness (QED) is 0.494. The molecule has 2 heterocycles. The Morgan fingerprint density at radius 3 is 2.82 bits per heavy atom. The van der Waals surface area contributed by atoms with Crippen LogP contribution < -0.4 is 10.1 Å². The van der Waals surface area contributed by atoms with Crippen LogP contribution in [0.2, 0.25) is 0 Å². The Morgan fingerprint density at radius 2 is 2.18 bits per heavy atom. The number of likely N-dealkylation sites (N-methyl/N-ethyl adjacent to an activating group) is 2. The number of alkyl halides is 3. The first-order valence-electron chi connectivity index (χ1n) is 8.40. The maximum Gasteiger partial charge on any atom is 0.422 e. The van der Waals surface area contributed by atoms with Gasteiger partial charge in [0.25, 0.3) is 0 Å². The van der Waals surface area contributed by atoms with E-state index in [0.717, 1.165) is 13.1 Å². The molecule has 0 amide bonds. The zero-order chi connectivity index (χ0) is 20.7. The normalized spacial score (nSPS) is 12.2. The lowest BCUT2D eigenvalue weighted by Gasteiger charge is -2.16. The summed E-state index contributed by atoms with van der Waals surface area (Å²) in [5, 5.41) is 13.5. The molecule has 0 radical (unpaired) electrons. The second kappa shape index (κ2) is 9.31. The highest BCUT2D eigenvalue weighted by molar-refractivity contribution is 5.92. The summed E-state index contributed by atoms with van der Waals surface area (Å²) >= 11 is 0. The minimum atomic E-state index is -4.56. The number of nitrogens with one attached hydrogen (secondary N) is 1. The molecule has 152 valence electrons. The second-order valence-corrected chi connectivity index (χ2v) is 5.80. The van der Waals surface area contributed by atoms with Crippen molar-refractivity contribution in [3.63, 3.8) is 0 Å². The van der Waals surface area contributed by atoms with E-state index >= 15 is 0 Å². The molecule has 0 aliphatic rings. The molecule has 0 saturated heterocycles. The molecule has 0 aromatic carbocycles. The lowest BCUT2D eigenvalue weighted by Crippen LogP contribution is -2.26. The Labute approximate surface area is 159 Å². The zero-order valence-electron chi connectivity index (χ0n) is 15.5. The van der Waals surface area contributed by atoms with Crippen LogP contribution in [-0.2, 0) is 0 Å². The van der Waals surface area contributed by atoms with E-state index in [4.69, 9.17) is 0 Å². The summed E-state index contributed by atoms with van der Waals surface area (Å²) in [5.74, 6) is -0.519. The van der Waals surface area contributed by atoms with E-state index in [1.807, 2.05) is 18.9 Å². The van der Waals surface area contributed by atoms with Crippen molar-refractivity contribution < 1.29 is 23.0 Å². The predicted octanol–water partition coefficient (Wildman–Crippen LogP) is 2.21. The Bertz CT molecular complexity index is 857.